The highest BCUT2D eigenvalue weighted by Crippen LogP contribution is 2.31. The van der Waals surface area contributed by atoms with E-state index >= 15 is 0 Å². The Labute approximate surface area is 91.3 Å². The molecule has 1 aliphatic heterocycles. The predicted octanol–water partition coefficient (Wildman–Crippen LogP) is 2.21. The maximum absolute atomic E-state index is 5.59. The summed E-state index contributed by atoms with van der Waals surface area (Å²) in [7, 11) is 0. The molecule has 0 radical (unpaired) electrons. The molecule has 3 nitrogen and oxygen atoms in total. The van der Waals surface area contributed by atoms with E-state index in [-0.39, 0.29) is 0 Å². The van der Waals surface area contributed by atoms with Crippen molar-refractivity contribution in [3.8, 4) is 0 Å². The average Bonchev–Trinajstić information content (AvgIpc) is 2.68. The molecule has 1 aromatic rings. The van der Waals surface area contributed by atoms with Gasteiger partial charge in [-0.3, -0.25) is 4.90 Å². The minimum atomic E-state index is 0.568. The average molecular weight is 205 g/mol. The van der Waals surface area contributed by atoms with Gasteiger partial charge in [0.15, 0.2) is 0 Å². The lowest BCUT2D eigenvalue weighted by atomic mass is 10.1. The van der Waals surface area contributed by atoms with Crippen LogP contribution in [0.4, 0.5) is 5.82 Å². The van der Waals surface area contributed by atoms with E-state index in [0.717, 1.165) is 0 Å². The molecular formula is C12H19N3. The van der Waals surface area contributed by atoms with Gasteiger partial charge in [0.05, 0.1) is 0 Å². The lowest BCUT2D eigenvalue weighted by Gasteiger charge is -2.23. The van der Waals surface area contributed by atoms with E-state index in [1.165, 1.54) is 37.9 Å². The van der Waals surface area contributed by atoms with Crippen molar-refractivity contribution in [1.82, 2.24) is 9.88 Å². The van der Waals surface area contributed by atoms with Crippen LogP contribution in [0.2, 0.25) is 0 Å². The van der Waals surface area contributed by atoms with E-state index in [1.54, 1.807) is 0 Å². The third-order valence-electron chi connectivity index (χ3n) is 3.07. The second-order valence-corrected chi connectivity index (χ2v) is 4.21. The standard InChI is InChI=1S/C12H19N3/c1-2-7-15-8-3-4-11(15)10-5-6-12(13)14-9-10/h5-6,9,11H,2-4,7-8H2,1H3,(H2,13,14)/t11-/m0/s1. The molecule has 2 heterocycles. The number of likely N-dealkylation sites (tertiary alicyclic amines) is 1. The van der Waals surface area contributed by atoms with Gasteiger partial charge in [0.25, 0.3) is 0 Å². The second kappa shape index (κ2) is 4.62. The summed E-state index contributed by atoms with van der Waals surface area (Å²) in [5.74, 6) is 0.610. The molecule has 0 amide bonds. The lowest BCUT2D eigenvalue weighted by Crippen LogP contribution is -2.24. The third kappa shape index (κ3) is 2.29. The topological polar surface area (TPSA) is 42.1 Å². The molecule has 0 bridgehead atoms. The zero-order valence-electron chi connectivity index (χ0n) is 9.32. The van der Waals surface area contributed by atoms with Crippen LogP contribution in [0.15, 0.2) is 18.3 Å². The minimum absolute atomic E-state index is 0.568. The van der Waals surface area contributed by atoms with Crippen molar-refractivity contribution < 1.29 is 0 Å². The van der Waals surface area contributed by atoms with Gasteiger partial charge in [-0.15, -0.1) is 0 Å². The quantitative estimate of drug-likeness (QED) is 0.822. The molecule has 1 fully saturated rings. The monoisotopic (exact) mass is 205 g/mol. The number of rotatable bonds is 3. The van der Waals surface area contributed by atoms with Crippen molar-refractivity contribution in [2.75, 3.05) is 18.8 Å². The van der Waals surface area contributed by atoms with Crippen LogP contribution in [0.1, 0.15) is 37.8 Å². The van der Waals surface area contributed by atoms with Crippen LogP contribution in [-0.4, -0.2) is 23.0 Å². The van der Waals surface area contributed by atoms with Crippen LogP contribution in [0.25, 0.3) is 0 Å². The molecule has 82 valence electrons. The first-order chi connectivity index (χ1) is 7.31. The molecule has 1 saturated heterocycles. The summed E-state index contributed by atoms with van der Waals surface area (Å²) >= 11 is 0. The molecular weight excluding hydrogens is 186 g/mol. The summed E-state index contributed by atoms with van der Waals surface area (Å²) in [6.45, 7) is 4.65. The Morgan fingerprint density at radius 2 is 2.40 bits per heavy atom. The fourth-order valence-electron chi connectivity index (χ4n) is 2.37. The van der Waals surface area contributed by atoms with Gasteiger partial charge in [0.1, 0.15) is 5.82 Å². The number of hydrogen-bond donors (Lipinski definition) is 1. The number of nitrogen functional groups attached to an aromatic ring is 1. The number of nitrogens with two attached hydrogens (primary N) is 1. The molecule has 1 atom stereocenters. The first kappa shape index (κ1) is 10.4. The number of hydrogen-bond acceptors (Lipinski definition) is 3. The Hall–Kier alpha value is -1.09. The van der Waals surface area contributed by atoms with Gasteiger partial charge >= 0.3 is 0 Å². The molecule has 0 aromatic carbocycles. The molecule has 15 heavy (non-hydrogen) atoms. The minimum Gasteiger partial charge on any atom is -0.384 e. The van der Waals surface area contributed by atoms with Gasteiger partial charge in [0.2, 0.25) is 0 Å². The maximum atomic E-state index is 5.59. The van der Waals surface area contributed by atoms with Crippen molar-refractivity contribution in [2.45, 2.75) is 32.2 Å². The van der Waals surface area contributed by atoms with Gasteiger partial charge < -0.3 is 5.73 Å². The molecule has 0 saturated carbocycles. The van der Waals surface area contributed by atoms with Crippen LogP contribution in [0, 0.1) is 0 Å². The summed E-state index contributed by atoms with van der Waals surface area (Å²) in [5, 5.41) is 0. The fourth-order valence-corrected chi connectivity index (χ4v) is 2.37. The molecule has 1 aliphatic rings. The maximum Gasteiger partial charge on any atom is 0.123 e. The Morgan fingerprint density at radius 1 is 1.53 bits per heavy atom. The van der Waals surface area contributed by atoms with E-state index in [2.05, 4.69) is 22.9 Å². The van der Waals surface area contributed by atoms with Crippen molar-refractivity contribution in [1.29, 1.82) is 0 Å². The highest BCUT2D eigenvalue weighted by atomic mass is 15.2. The van der Waals surface area contributed by atoms with Gasteiger partial charge in [-0.05, 0) is 44.0 Å². The van der Waals surface area contributed by atoms with E-state index in [9.17, 15) is 0 Å². The van der Waals surface area contributed by atoms with Crippen molar-refractivity contribution in [2.24, 2.45) is 0 Å². The van der Waals surface area contributed by atoms with Crippen molar-refractivity contribution in [3.05, 3.63) is 23.9 Å². The first-order valence-electron chi connectivity index (χ1n) is 5.76. The molecule has 0 unspecified atom stereocenters. The zero-order chi connectivity index (χ0) is 10.7. The molecule has 1 aromatic heterocycles. The summed E-state index contributed by atoms with van der Waals surface area (Å²) in [4.78, 5) is 6.72. The summed E-state index contributed by atoms with van der Waals surface area (Å²) in [6, 6.07) is 4.58. The Kier molecular flexibility index (Phi) is 3.21. The highest BCUT2D eigenvalue weighted by Gasteiger charge is 2.24. The molecule has 3 heteroatoms. The summed E-state index contributed by atoms with van der Waals surface area (Å²) < 4.78 is 0. The van der Waals surface area contributed by atoms with Crippen LogP contribution in [-0.2, 0) is 0 Å². The molecule has 2 rings (SSSR count). The molecule has 0 spiro atoms. The van der Waals surface area contributed by atoms with Crippen LogP contribution >= 0.6 is 0 Å². The normalized spacial score (nSPS) is 22.1. The summed E-state index contributed by atoms with van der Waals surface area (Å²) in [6.07, 6.45) is 5.70. The molecule has 2 N–H and O–H groups in total. The second-order valence-electron chi connectivity index (χ2n) is 4.21. The predicted molar refractivity (Wildman–Crippen MR) is 62.5 cm³/mol. The van der Waals surface area contributed by atoms with Crippen LogP contribution < -0.4 is 5.73 Å². The highest BCUT2D eigenvalue weighted by molar-refractivity contribution is 5.30. The van der Waals surface area contributed by atoms with E-state index in [1.807, 2.05) is 12.3 Å². The third-order valence-corrected chi connectivity index (χ3v) is 3.07. The number of nitrogens with zero attached hydrogens (tertiary/aromatic N) is 2. The first-order valence-corrected chi connectivity index (χ1v) is 5.76. The van der Waals surface area contributed by atoms with Crippen LogP contribution in [0.3, 0.4) is 0 Å². The molecule has 0 aliphatic carbocycles. The Bertz CT molecular complexity index is 307. The number of anilines is 1. The SMILES string of the molecule is CCCN1CCC[C@H]1c1ccc(N)nc1. The van der Waals surface area contributed by atoms with Crippen molar-refractivity contribution >= 4 is 5.82 Å². The Balaban J connectivity index is 2.11. The van der Waals surface area contributed by atoms with E-state index in [4.69, 9.17) is 5.73 Å². The van der Waals surface area contributed by atoms with E-state index in [0.29, 0.717) is 11.9 Å². The van der Waals surface area contributed by atoms with Crippen LogP contribution in [0.5, 0.6) is 0 Å². The zero-order valence-corrected chi connectivity index (χ0v) is 9.32. The van der Waals surface area contributed by atoms with Gasteiger partial charge in [-0.2, -0.15) is 0 Å². The van der Waals surface area contributed by atoms with Gasteiger partial charge in [-0.1, -0.05) is 13.0 Å². The number of aromatic nitrogens is 1. The summed E-state index contributed by atoms with van der Waals surface area (Å²) in [5.41, 5.74) is 6.91. The van der Waals surface area contributed by atoms with Gasteiger partial charge in [-0.25, -0.2) is 4.98 Å². The van der Waals surface area contributed by atoms with Gasteiger partial charge in [0, 0.05) is 12.2 Å². The number of pyridine rings is 1. The van der Waals surface area contributed by atoms with Crippen molar-refractivity contribution in [3.63, 3.8) is 0 Å². The van der Waals surface area contributed by atoms with E-state index < -0.39 is 0 Å². The smallest absolute Gasteiger partial charge is 0.123 e. The lowest BCUT2D eigenvalue weighted by molar-refractivity contribution is 0.257. The fraction of sp³-hybridized carbons (Fsp3) is 0.583. The Morgan fingerprint density at radius 3 is 3.07 bits per heavy atom. The largest absolute Gasteiger partial charge is 0.384 e.